The molecule has 1 N–H and O–H groups in total. The van der Waals surface area contributed by atoms with Crippen LogP contribution >= 0.6 is 0 Å². The van der Waals surface area contributed by atoms with Crippen molar-refractivity contribution in [3.05, 3.63) is 71.3 Å². The van der Waals surface area contributed by atoms with Gasteiger partial charge in [0.1, 0.15) is 0 Å². The fraction of sp³-hybridized carbons (Fsp3) is 0.294. The van der Waals surface area contributed by atoms with E-state index in [1.54, 1.807) is 0 Å². The summed E-state index contributed by atoms with van der Waals surface area (Å²) in [4.78, 5) is 0. The molecule has 0 aliphatic carbocycles. The molecule has 0 amide bonds. The monoisotopic (exact) mass is 239 g/mol. The van der Waals surface area contributed by atoms with E-state index < -0.39 is 0 Å². The number of rotatable bonds is 5. The van der Waals surface area contributed by atoms with E-state index >= 15 is 0 Å². The van der Waals surface area contributed by atoms with E-state index in [9.17, 15) is 0 Å². The normalized spacial score (nSPS) is 12.3. The third kappa shape index (κ3) is 3.44. The first-order valence-corrected chi connectivity index (χ1v) is 6.63. The van der Waals surface area contributed by atoms with Crippen LogP contribution in [0.4, 0.5) is 0 Å². The largest absolute Gasteiger partial charge is 0.306 e. The highest BCUT2D eigenvalue weighted by molar-refractivity contribution is 5.23. The van der Waals surface area contributed by atoms with Gasteiger partial charge in [0.2, 0.25) is 0 Å². The van der Waals surface area contributed by atoms with Crippen LogP contribution in [0.3, 0.4) is 0 Å². The number of hydrogen-bond donors (Lipinski definition) is 1. The zero-order chi connectivity index (χ0) is 12.8. The topological polar surface area (TPSA) is 12.0 Å². The fourth-order valence-electron chi connectivity index (χ4n) is 2.25. The van der Waals surface area contributed by atoms with Crippen molar-refractivity contribution >= 4 is 0 Å². The summed E-state index contributed by atoms with van der Waals surface area (Å²) < 4.78 is 0. The van der Waals surface area contributed by atoms with Gasteiger partial charge in [0.25, 0.3) is 0 Å². The summed E-state index contributed by atoms with van der Waals surface area (Å²) >= 11 is 0. The van der Waals surface area contributed by atoms with Gasteiger partial charge in [-0.1, -0.05) is 67.1 Å². The molecular formula is C17H21N. The number of aryl methyl sites for hydroxylation is 1. The Balaban J connectivity index is 2.00. The molecule has 2 aromatic carbocycles. The van der Waals surface area contributed by atoms with E-state index in [0.29, 0.717) is 6.04 Å². The van der Waals surface area contributed by atoms with E-state index in [0.717, 1.165) is 13.0 Å². The molecule has 0 spiro atoms. The Morgan fingerprint density at radius 3 is 2.44 bits per heavy atom. The maximum Gasteiger partial charge on any atom is 0.0320 e. The minimum atomic E-state index is 0.437. The van der Waals surface area contributed by atoms with Gasteiger partial charge in [-0.25, -0.2) is 0 Å². The number of hydrogen-bond acceptors (Lipinski definition) is 1. The minimum absolute atomic E-state index is 0.437. The Hall–Kier alpha value is -1.60. The maximum absolute atomic E-state index is 3.63. The second kappa shape index (κ2) is 6.36. The van der Waals surface area contributed by atoms with Crippen LogP contribution in [0.15, 0.2) is 54.6 Å². The lowest BCUT2D eigenvalue weighted by Crippen LogP contribution is -2.20. The molecule has 1 heteroatoms. The van der Waals surface area contributed by atoms with Crippen molar-refractivity contribution in [2.45, 2.75) is 32.9 Å². The first-order valence-electron chi connectivity index (χ1n) is 6.63. The summed E-state index contributed by atoms with van der Waals surface area (Å²) in [5, 5.41) is 3.63. The molecule has 1 nitrogen and oxygen atoms in total. The third-order valence-electron chi connectivity index (χ3n) is 3.25. The van der Waals surface area contributed by atoms with Gasteiger partial charge >= 0.3 is 0 Å². The molecule has 0 aliphatic heterocycles. The second-order valence-corrected chi connectivity index (χ2v) is 4.74. The summed E-state index contributed by atoms with van der Waals surface area (Å²) in [5.74, 6) is 0. The molecule has 1 unspecified atom stereocenters. The third-order valence-corrected chi connectivity index (χ3v) is 3.25. The molecule has 0 radical (unpaired) electrons. The van der Waals surface area contributed by atoms with Crippen LogP contribution in [-0.2, 0) is 6.54 Å². The zero-order valence-corrected chi connectivity index (χ0v) is 11.2. The minimum Gasteiger partial charge on any atom is -0.306 e. The van der Waals surface area contributed by atoms with Gasteiger partial charge in [-0.15, -0.1) is 0 Å². The van der Waals surface area contributed by atoms with Crippen molar-refractivity contribution < 1.29 is 0 Å². The molecule has 18 heavy (non-hydrogen) atoms. The fourth-order valence-corrected chi connectivity index (χ4v) is 2.25. The molecule has 0 aromatic heterocycles. The van der Waals surface area contributed by atoms with E-state index in [1.165, 1.54) is 16.7 Å². The van der Waals surface area contributed by atoms with Gasteiger partial charge in [-0.05, 0) is 24.5 Å². The van der Waals surface area contributed by atoms with Crippen LogP contribution < -0.4 is 5.32 Å². The molecule has 0 aliphatic rings. The number of benzene rings is 2. The predicted molar refractivity (Wildman–Crippen MR) is 77.5 cm³/mol. The summed E-state index contributed by atoms with van der Waals surface area (Å²) in [6, 6.07) is 19.8. The average molecular weight is 239 g/mol. The quantitative estimate of drug-likeness (QED) is 0.823. The highest BCUT2D eigenvalue weighted by Crippen LogP contribution is 2.16. The van der Waals surface area contributed by atoms with Gasteiger partial charge in [-0.3, -0.25) is 0 Å². The Kier molecular flexibility index (Phi) is 4.54. The molecule has 0 heterocycles. The van der Waals surface area contributed by atoms with Gasteiger partial charge in [0.05, 0.1) is 0 Å². The van der Waals surface area contributed by atoms with Gasteiger partial charge < -0.3 is 5.32 Å². The molecule has 0 saturated heterocycles. The summed E-state index contributed by atoms with van der Waals surface area (Å²) in [5.41, 5.74) is 4.04. The van der Waals surface area contributed by atoms with Crippen LogP contribution in [0.2, 0.25) is 0 Å². The molecule has 1 atom stereocenters. The van der Waals surface area contributed by atoms with Gasteiger partial charge in [-0.2, -0.15) is 0 Å². The summed E-state index contributed by atoms with van der Waals surface area (Å²) in [6.07, 6.45) is 1.11. The lowest BCUT2D eigenvalue weighted by atomic mass is 10.0. The van der Waals surface area contributed by atoms with Crippen molar-refractivity contribution in [1.82, 2.24) is 5.32 Å². The van der Waals surface area contributed by atoms with Crippen LogP contribution in [0.5, 0.6) is 0 Å². The SMILES string of the molecule is CCC(NCc1cccc(C)c1)c1ccccc1. The van der Waals surface area contributed by atoms with Crippen LogP contribution in [0.1, 0.15) is 36.1 Å². The standard InChI is InChI=1S/C17H21N/c1-3-17(16-10-5-4-6-11-16)18-13-15-9-7-8-14(2)12-15/h4-12,17-18H,3,13H2,1-2H3. The first kappa shape index (κ1) is 12.8. The van der Waals surface area contributed by atoms with Crippen molar-refractivity contribution in [2.24, 2.45) is 0 Å². The smallest absolute Gasteiger partial charge is 0.0320 e. The Labute approximate surface area is 110 Å². The molecule has 2 aromatic rings. The van der Waals surface area contributed by atoms with E-state index in [2.05, 4.69) is 73.8 Å². The predicted octanol–water partition coefficient (Wildman–Crippen LogP) is 4.24. The van der Waals surface area contributed by atoms with Gasteiger partial charge in [0.15, 0.2) is 0 Å². The molecular weight excluding hydrogens is 218 g/mol. The average Bonchev–Trinajstić information content (AvgIpc) is 2.41. The Morgan fingerprint density at radius 1 is 1.00 bits per heavy atom. The first-order chi connectivity index (χ1) is 8.79. The molecule has 0 saturated carbocycles. The highest BCUT2D eigenvalue weighted by atomic mass is 14.9. The molecule has 2 rings (SSSR count). The van der Waals surface area contributed by atoms with Crippen LogP contribution in [-0.4, -0.2) is 0 Å². The van der Waals surface area contributed by atoms with Crippen molar-refractivity contribution in [2.75, 3.05) is 0 Å². The lowest BCUT2D eigenvalue weighted by molar-refractivity contribution is 0.519. The lowest BCUT2D eigenvalue weighted by Gasteiger charge is -2.17. The van der Waals surface area contributed by atoms with E-state index in [-0.39, 0.29) is 0 Å². The second-order valence-electron chi connectivity index (χ2n) is 4.74. The van der Waals surface area contributed by atoms with E-state index in [4.69, 9.17) is 0 Å². The highest BCUT2D eigenvalue weighted by Gasteiger charge is 2.07. The zero-order valence-electron chi connectivity index (χ0n) is 11.2. The van der Waals surface area contributed by atoms with Crippen molar-refractivity contribution in [3.8, 4) is 0 Å². The van der Waals surface area contributed by atoms with Crippen molar-refractivity contribution in [1.29, 1.82) is 0 Å². The maximum atomic E-state index is 3.63. The number of nitrogens with one attached hydrogen (secondary N) is 1. The summed E-state index contributed by atoms with van der Waals surface area (Å²) in [7, 11) is 0. The van der Waals surface area contributed by atoms with Crippen molar-refractivity contribution in [3.63, 3.8) is 0 Å². The Bertz CT molecular complexity index is 476. The van der Waals surface area contributed by atoms with Crippen LogP contribution in [0.25, 0.3) is 0 Å². The summed E-state index contributed by atoms with van der Waals surface area (Å²) in [6.45, 7) is 5.29. The molecule has 0 fully saturated rings. The molecule has 0 bridgehead atoms. The Morgan fingerprint density at radius 2 is 1.78 bits per heavy atom. The van der Waals surface area contributed by atoms with E-state index in [1.807, 2.05) is 0 Å². The van der Waals surface area contributed by atoms with Crippen LogP contribution in [0, 0.1) is 6.92 Å². The van der Waals surface area contributed by atoms with Gasteiger partial charge in [0, 0.05) is 12.6 Å². The molecule has 94 valence electrons.